The second kappa shape index (κ2) is 3.24. The maximum Gasteiger partial charge on any atom is 0.150 e. The molecule has 4 heteroatoms. The summed E-state index contributed by atoms with van der Waals surface area (Å²) in [5, 5.41) is 9.84. The van der Waals surface area contributed by atoms with Crippen molar-refractivity contribution in [3.63, 3.8) is 0 Å². The highest BCUT2D eigenvalue weighted by atomic mass is 32.2. The molecule has 2 fully saturated rings. The first-order chi connectivity index (χ1) is 6.08. The molecular weight excluding hydrogens is 188 g/mol. The Bertz CT molecular complexity index is 279. The van der Waals surface area contributed by atoms with Crippen LogP contribution in [-0.4, -0.2) is 31.1 Å². The Balaban J connectivity index is 1.94. The van der Waals surface area contributed by atoms with Gasteiger partial charge in [-0.3, -0.25) is 0 Å². The molecule has 3 nitrogen and oxygen atoms in total. The van der Waals surface area contributed by atoms with Crippen LogP contribution in [0.4, 0.5) is 0 Å². The molecule has 13 heavy (non-hydrogen) atoms. The van der Waals surface area contributed by atoms with Crippen LogP contribution in [0.2, 0.25) is 0 Å². The molecule has 1 heterocycles. The van der Waals surface area contributed by atoms with Crippen LogP contribution in [-0.2, 0) is 9.84 Å². The van der Waals surface area contributed by atoms with Gasteiger partial charge in [-0.25, -0.2) is 8.42 Å². The van der Waals surface area contributed by atoms with Crippen molar-refractivity contribution in [2.45, 2.75) is 31.8 Å². The van der Waals surface area contributed by atoms with Crippen molar-refractivity contribution in [1.29, 1.82) is 0 Å². The van der Waals surface area contributed by atoms with E-state index in [1.165, 1.54) is 6.42 Å². The summed E-state index contributed by atoms with van der Waals surface area (Å²) in [7, 11) is -2.82. The van der Waals surface area contributed by atoms with Crippen LogP contribution in [0.25, 0.3) is 0 Å². The smallest absolute Gasteiger partial charge is 0.150 e. The first-order valence-corrected chi connectivity index (χ1v) is 6.79. The number of rotatable bonds is 2. The van der Waals surface area contributed by atoms with Gasteiger partial charge in [0.15, 0.2) is 9.84 Å². The van der Waals surface area contributed by atoms with Crippen molar-refractivity contribution in [3.8, 4) is 0 Å². The number of sulfone groups is 1. The molecule has 1 aliphatic heterocycles. The van der Waals surface area contributed by atoms with Crippen LogP contribution in [0.15, 0.2) is 0 Å². The fraction of sp³-hybridized carbons (Fsp3) is 1.00. The Morgan fingerprint density at radius 3 is 2.23 bits per heavy atom. The number of hydrogen-bond donors (Lipinski definition) is 1. The summed E-state index contributed by atoms with van der Waals surface area (Å²) >= 11 is 0. The summed E-state index contributed by atoms with van der Waals surface area (Å²) in [5.41, 5.74) is 0. The summed E-state index contributed by atoms with van der Waals surface area (Å²) in [5.74, 6) is 0.903. The van der Waals surface area contributed by atoms with Gasteiger partial charge in [0.2, 0.25) is 0 Å². The Morgan fingerprint density at radius 1 is 1.15 bits per heavy atom. The van der Waals surface area contributed by atoms with E-state index in [1.807, 2.05) is 0 Å². The van der Waals surface area contributed by atoms with Gasteiger partial charge in [-0.15, -0.1) is 0 Å². The summed E-state index contributed by atoms with van der Waals surface area (Å²) in [6, 6.07) is 0. The summed E-state index contributed by atoms with van der Waals surface area (Å²) in [6.45, 7) is 0. The topological polar surface area (TPSA) is 54.4 Å². The molecule has 0 aromatic heterocycles. The predicted octanol–water partition coefficient (Wildman–Crippen LogP) is 0.582. The first-order valence-electron chi connectivity index (χ1n) is 4.97. The molecule has 0 bridgehead atoms. The van der Waals surface area contributed by atoms with Gasteiger partial charge in [0.25, 0.3) is 0 Å². The lowest BCUT2D eigenvalue weighted by Crippen LogP contribution is -2.34. The van der Waals surface area contributed by atoms with E-state index < -0.39 is 9.84 Å². The standard InChI is InChI=1S/C9H16O3S/c10-9(7-2-1-3-7)8-4-5-13(11,12)6-8/h7-10H,1-6H2. The molecule has 1 aliphatic carbocycles. The van der Waals surface area contributed by atoms with E-state index in [9.17, 15) is 13.5 Å². The van der Waals surface area contributed by atoms with E-state index in [2.05, 4.69) is 0 Å². The van der Waals surface area contributed by atoms with Gasteiger partial charge in [-0.1, -0.05) is 6.42 Å². The molecular formula is C9H16O3S. The van der Waals surface area contributed by atoms with Gasteiger partial charge in [0.1, 0.15) is 0 Å². The molecule has 76 valence electrons. The van der Waals surface area contributed by atoms with Crippen molar-refractivity contribution in [2.75, 3.05) is 11.5 Å². The summed E-state index contributed by atoms with van der Waals surface area (Å²) in [4.78, 5) is 0. The van der Waals surface area contributed by atoms with E-state index in [0.717, 1.165) is 12.8 Å². The van der Waals surface area contributed by atoms with Crippen molar-refractivity contribution in [1.82, 2.24) is 0 Å². The van der Waals surface area contributed by atoms with Crippen LogP contribution in [0.3, 0.4) is 0 Å². The average Bonchev–Trinajstić information content (AvgIpc) is 2.26. The molecule has 0 spiro atoms. The first kappa shape index (κ1) is 9.46. The molecule has 0 amide bonds. The van der Waals surface area contributed by atoms with Crippen LogP contribution in [0.5, 0.6) is 0 Å². The minimum Gasteiger partial charge on any atom is -0.393 e. The van der Waals surface area contributed by atoms with Crippen LogP contribution < -0.4 is 0 Å². The lowest BCUT2D eigenvalue weighted by molar-refractivity contribution is 0.0233. The molecule has 1 saturated carbocycles. The second-order valence-electron chi connectivity index (χ2n) is 4.34. The third-order valence-electron chi connectivity index (χ3n) is 3.38. The largest absolute Gasteiger partial charge is 0.393 e. The molecule has 1 N–H and O–H groups in total. The van der Waals surface area contributed by atoms with Crippen LogP contribution in [0, 0.1) is 11.8 Å². The highest BCUT2D eigenvalue weighted by molar-refractivity contribution is 7.91. The zero-order chi connectivity index (χ0) is 9.47. The molecule has 1 saturated heterocycles. The van der Waals surface area contributed by atoms with Crippen molar-refractivity contribution in [3.05, 3.63) is 0 Å². The SMILES string of the molecule is O=S1(=O)CCC(C(O)C2CCC2)C1. The molecule has 2 atom stereocenters. The Morgan fingerprint density at radius 2 is 1.85 bits per heavy atom. The van der Waals surface area contributed by atoms with Crippen LogP contribution in [0.1, 0.15) is 25.7 Å². The lowest BCUT2D eigenvalue weighted by atomic mass is 9.76. The third kappa shape index (κ3) is 1.89. The molecule has 0 aromatic carbocycles. The van der Waals surface area contributed by atoms with Gasteiger partial charge in [0.05, 0.1) is 17.6 Å². The fourth-order valence-electron chi connectivity index (χ4n) is 2.26. The highest BCUT2D eigenvalue weighted by Gasteiger charge is 2.38. The minimum absolute atomic E-state index is 0.0234. The summed E-state index contributed by atoms with van der Waals surface area (Å²) < 4.78 is 22.3. The van der Waals surface area contributed by atoms with Crippen molar-refractivity contribution in [2.24, 2.45) is 11.8 Å². The normalized spacial score (nSPS) is 35.6. The summed E-state index contributed by atoms with van der Waals surface area (Å²) in [6.07, 6.45) is 3.67. The lowest BCUT2D eigenvalue weighted by Gasteiger charge is -2.33. The molecule has 0 radical (unpaired) electrons. The van der Waals surface area contributed by atoms with Crippen LogP contribution >= 0.6 is 0 Å². The van der Waals surface area contributed by atoms with E-state index in [0.29, 0.717) is 12.3 Å². The molecule has 0 aromatic rings. The second-order valence-corrected chi connectivity index (χ2v) is 6.57. The zero-order valence-corrected chi connectivity index (χ0v) is 8.46. The molecule has 2 rings (SSSR count). The quantitative estimate of drug-likeness (QED) is 0.716. The monoisotopic (exact) mass is 204 g/mol. The number of aliphatic hydroxyl groups is 1. The van der Waals surface area contributed by atoms with Gasteiger partial charge in [0, 0.05) is 0 Å². The number of hydrogen-bond acceptors (Lipinski definition) is 3. The third-order valence-corrected chi connectivity index (χ3v) is 5.18. The van der Waals surface area contributed by atoms with E-state index in [1.54, 1.807) is 0 Å². The van der Waals surface area contributed by atoms with Crippen molar-refractivity contribution < 1.29 is 13.5 Å². The van der Waals surface area contributed by atoms with E-state index >= 15 is 0 Å². The Kier molecular flexibility index (Phi) is 2.36. The van der Waals surface area contributed by atoms with E-state index in [4.69, 9.17) is 0 Å². The minimum atomic E-state index is -2.82. The Labute approximate surface area is 79.1 Å². The van der Waals surface area contributed by atoms with Crippen molar-refractivity contribution >= 4 is 9.84 Å². The maximum atomic E-state index is 11.2. The molecule has 2 unspecified atom stereocenters. The Hall–Kier alpha value is -0.0900. The average molecular weight is 204 g/mol. The predicted molar refractivity (Wildman–Crippen MR) is 50.1 cm³/mol. The fourth-order valence-corrected chi connectivity index (χ4v) is 4.10. The van der Waals surface area contributed by atoms with E-state index in [-0.39, 0.29) is 23.5 Å². The zero-order valence-electron chi connectivity index (χ0n) is 7.65. The maximum absolute atomic E-state index is 11.2. The van der Waals surface area contributed by atoms with Gasteiger partial charge < -0.3 is 5.11 Å². The number of aliphatic hydroxyl groups excluding tert-OH is 1. The van der Waals surface area contributed by atoms with Gasteiger partial charge in [-0.05, 0) is 31.1 Å². The highest BCUT2D eigenvalue weighted by Crippen LogP contribution is 2.36. The molecule has 2 aliphatic rings. The van der Waals surface area contributed by atoms with Gasteiger partial charge in [-0.2, -0.15) is 0 Å². The van der Waals surface area contributed by atoms with Gasteiger partial charge >= 0.3 is 0 Å².